The lowest BCUT2D eigenvalue weighted by molar-refractivity contribution is 0.221. The smallest absolute Gasteiger partial charge is 0.143 e. The molecular formula is C9H10N2O. The van der Waals surface area contributed by atoms with Crippen LogP contribution in [0.1, 0.15) is 5.56 Å². The summed E-state index contributed by atoms with van der Waals surface area (Å²) in [6, 6.07) is 3.62. The summed E-state index contributed by atoms with van der Waals surface area (Å²) in [5.41, 5.74) is 0.745. The molecule has 0 unspecified atom stereocenters. The molecule has 1 heterocycles. The number of aromatic nitrogens is 1. The maximum Gasteiger partial charge on any atom is 0.143 e. The number of anilines is 1. The molecule has 1 aromatic rings. The third-order valence-corrected chi connectivity index (χ3v) is 1.35. The highest BCUT2D eigenvalue weighted by Crippen LogP contribution is 2.08. The van der Waals surface area contributed by atoms with E-state index < -0.39 is 0 Å². The van der Waals surface area contributed by atoms with Crippen molar-refractivity contribution in [2.24, 2.45) is 0 Å². The van der Waals surface area contributed by atoms with Crippen LogP contribution in [0.2, 0.25) is 0 Å². The summed E-state index contributed by atoms with van der Waals surface area (Å²) in [5.74, 6) is 3.21. The molecule has 3 heteroatoms. The first-order valence-electron chi connectivity index (χ1n) is 3.53. The summed E-state index contributed by atoms with van der Waals surface area (Å²) in [7, 11) is 1.60. The minimum atomic E-state index is 0.408. The van der Waals surface area contributed by atoms with E-state index in [0.29, 0.717) is 12.5 Å². The molecule has 3 nitrogen and oxygen atoms in total. The number of nitrogens with one attached hydrogen (secondary N) is 1. The van der Waals surface area contributed by atoms with Gasteiger partial charge < -0.3 is 10.1 Å². The monoisotopic (exact) mass is 162 g/mol. The first kappa shape index (κ1) is 8.57. The van der Waals surface area contributed by atoms with Crippen molar-refractivity contribution in [1.82, 2.24) is 4.98 Å². The average Bonchev–Trinajstić information content (AvgIpc) is 2.15. The Hall–Kier alpha value is -1.53. The zero-order valence-corrected chi connectivity index (χ0v) is 6.87. The van der Waals surface area contributed by atoms with Crippen LogP contribution in [0.25, 0.3) is 0 Å². The lowest BCUT2D eigenvalue weighted by Crippen LogP contribution is -2.05. The molecule has 0 atom stereocenters. The molecule has 1 N–H and O–H groups in total. The molecular weight excluding hydrogens is 152 g/mol. The lowest BCUT2D eigenvalue weighted by atomic mass is 10.3. The van der Waals surface area contributed by atoms with E-state index in [1.807, 2.05) is 6.07 Å². The van der Waals surface area contributed by atoms with Crippen molar-refractivity contribution in [1.29, 1.82) is 0 Å². The van der Waals surface area contributed by atoms with Gasteiger partial charge in [-0.05, 0) is 12.1 Å². The number of pyridine rings is 1. The van der Waals surface area contributed by atoms with Gasteiger partial charge in [-0.15, -0.1) is 6.42 Å². The Morgan fingerprint density at radius 2 is 2.58 bits per heavy atom. The molecule has 0 amide bonds. The van der Waals surface area contributed by atoms with Gasteiger partial charge in [-0.25, -0.2) is 4.98 Å². The summed E-state index contributed by atoms with van der Waals surface area (Å²) in [4.78, 5) is 4.05. The summed E-state index contributed by atoms with van der Waals surface area (Å²) in [6.45, 7) is 0.408. The third-order valence-electron chi connectivity index (χ3n) is 1.35. The van der Waals surface area contributed by atoms with E-state index >= 15 is 0 Å². The molecule has 0 bridgehead atoms. The number of nitrogens with zero attached hydrogens (tertiary/aromatic N) is 1. The number of methoxy groups -OCH3 is 1. The fourth-order valence-electron chi connectivity index (χ4n) is 0.803. The maximum atomic E-state index is 5.25. The Morgan fingerprint density at radius 1 is 1.75 bits per heavy atom. The van der Waals surface area contributed by atoms with E-state index in [-0.39, 0.29) is 0 Å². The van der Waals surface area contributed by atoms with E-state index in [1.165, 1.54) is 0 Å². The van der Waals surface area contributed by atoms with Gasteiger partial charge in [0.1, 0.15) is 12.5 Å². The Bertz CT molecular complexity index is 291. The zero-order chi connectivity index (χ0) is 8.81. The molecule has 0 spiro atoms. The van der Waals surface area contributed by atoms with Crippen LogP contribution in [-0.2, 0) is 4.74 Å². The van der Waals surface area contributed by atoms with E-state index in [4.69, 9.17) is 11.2 Å². The van der Waals surface area contributed by atoms with E-state index in [0.717, 1.165) is 5.56 Å². The fraction of sp³-hybridized carbons (Fsp3) is 0.222. The highest BCUT2D eigenvalue weighted by molar-refractivity contribution is 5.52. The molecule has 12 heavy (non-hydrogen) atoms. The third kappa shape index (κ3) is 1.97. The average molecular weight is 162 g/mol. The van der Waals surface area contributed by atoms with Crippen molar-refractivity contribution in [3.63, 3.8) is 0 Å². The number of hydrogen-bond donors (Lipinski definition) is 1. The van der Waals surface area contributed by atoms with E-state index in [1.54, 1.807) is 19.4 Å². The molecule has 0 saturated carbocycles. The van der Waals surface area contributed by atoms with Gasteiger partial charge in [0.2, 0.25) is 0 Å². The van der Waals surface area contributed by atoms with Crippen LogP contribution in [0.5, 0.6) is 0 Å². The molecule has 0 aromatic carbocycles. The number of terminal acetylenes is 1. The van der Waals surface area contributed by atoms with Gasteiger partial charge >= 0.3 is 0 Å². The molecule has 0 aliphatic rings. The first-order valence-corrected chi connectivity index (χ1v) is 3.53. The van der Waals surface area contributed by atoms with Crippen molar-refractivity contribution in [3.05, 3.63) is 23.9 Å². The minimum absolute atomic E-state index is 0.408. The van der Waals surface area contributed by atoms with Crippen LogP contribution in [0.3, 0.4) is 0 Å². The Morgan fingerprint density at radius 3 is 3.25 bits per heavy atom. The van der Waals surface area contributed by atoms with Gasteiger partial charge in [0.05, 0.1) is 5.56 Å². The van der Waals surface area contributed by atoms with Crippen LogP contribution >= 0.6 is 0 Å². The summed E-state index contributed by atoms with van der Waals surface area (Å²) in [6.07, 6.45) is 6.93. The normalized spacial score (nSPS) is 9.00. The minimum Gasteiger partial charge on any atom is -0.365 e. The van der Waals surface area contributed by atoms with Crippen LogP contribution in [0.4, 0.5) is 5.82 Å². The molecule has 1 rings (SSSR count). The second-order valence-electron chi connectivity index (χ2n) is 2.15. The SMILES string of the molecule is C#Cc1cccnc1NCOC. The van der Waals surface area contributed by atoms with Crippen molar-refractivity contribution in [2.45, 2.75) is 0 Å². The van der Waals surface area contributed by atoms with Gasteiger partial charge in [0, 0.05) is 13.3 Å². The van der Waals surface area contributed by atoms with Crippen LogP contribution in [-0.4, -0.2) is 18.8 Å². The van der Waals surface area contributed by atoms with Crippen LogP contribution in [0, 0.1) is 12.3 Å². The number of rotatable bonds is 3. The van der Waals surface area contributed by atoms with Crippen LogP contribution in [0.15, 0.2) is 18.3 Å². The van der Waals surface area contributed by atoms with Crippen molar-refractivity contribution in [2.75, 3.05) is 19.2 Å². The summed E-state index contributed by atoms with van der Waals surface area (Å²) >= 11 is 0. The Balaban J connectivity index is 2.77. The maximum absolute atomic E-state index is 5.25. The van der Waals surface area contributed by atoms with Gasteiger partial charge in [0.15, 0.2) is 0 Å². The summed E-state index contributed by atoms with van der Waals surface area (Å²) in [5, 5.41) is 2.94. The highest BCUT2D eigenvalue weighted by atomic mass is 16.5. The largest absolute Gasteiger partial charge is 0.365 e. The first-order chi connectivity index (χ1) is 5.88. The molecule has 62 valence electrons. The molecule has 0 fully saturated rings. The van der Waals surface area contributed by atoms with Crippen molar-refractivity contribution in [3.8, 4) is 12.3 Å². The molecule has 0 aliphatic carbocycles. The van der Waals surface area contributed by atoms with Gasteiger partial charge in [-0.3, -0.25) is 0 Å². The molecule has 1 aromatic heterocycles. The predicted molar refractivity (Wildman–Crippen MR) is 47.7 cm³/mol. The second kappa shape index (κ2) is 4.37. The summed E-state index contributed by atoms with van der Waals surface area (Å²) < 4.78 is 4.83. The number of hydrogen-bond acceptors (Lipinski definition) is 3. The Labute approximate surface area is 71.8 Å². The molecule has 0 saturated heterocycles. The Kier molecular flexibility index (Phi) is 3.12. The van der Waals surface area contributed by atoms with Crippen molar-refractivity contribution < 1.29 is 4.74 Å². The zero-order valence-electron chi connectivity index (χ0n) is 6.87. The topological polar surface area (TPSA) is 34.2 Å². The predicted octanol–water partition coefficient (Wildman–Crippen LogP) is 1.08. The molecule has 0 aliphatic heterocycles. The molecule has 0 radical (unpaired) electrons. The van der Waals surface area contributed by atoms with Crippen molar-refractivity contribution >= 4 is 5.82 Å². The van der Waals surface area contributed by atoms with Crippen LogP contribution < -0.4 is 5.32 Å². The van der Waals surface area contributed by atoms with Gasteiger partial charge in [-0.2, -0.15) is 0 Å². The highest BCUT2D eigenvalue weighted by Gasteiger charge is 1.97. The second-order valence-corrected chi connectivity index (χ2v) is 2.15. The quantitative estimate of drug-likeness (QED) is 0.533. The number of ether oxygens (including phenoxy) is 1. The van der Waals surface area contributed by atoms with E-state index in [9.17, 15) is 0 Å². The van der Waals surface area contributed by atoms with Gasteiger partial charge in [-0.1, -0.05) is 5.92 Å². The fourth-order valence-corrected chi connectivity index (χ4v) is 0.803. The standard InChI is InChI=1S/C9H10N2O/c1-3-8-5-4-6-10-9(8)11-7-12-2/h1,4-6H,7H2,2H3,(H,10,11). The van der Waals surface area contributed by atoms with Gasteiger partial charge in [0.25, 0.3) is 0 Å². The van der Waals surface area contributed by atoms with E-state index in [2.05, 4.69) is 16.2 Å². The lowest BCUT2D eigenvalue weighted by Gasteiger charge is -2.04.